The molecular formula is C17H27O4S. The van der Waals surface area contributed by atoms with E-state index < -0.39 is 15.4 Å². The Labute approximate surface area is 134 Å². The average Bonchev–Trinajstić information content (AvgIpc) is 2.26. The Morgan fingerprint density at radius 2 is 1.41 bits per heavy atom. The molecule has 0 spiro atoms. The molecule has 0 aliphatic rings. The molecule has 125 valence electrons. The fourth-order valence-corrected chi connectivity index (χ4v) is 2.73. The second-order valence-corrected chi connectivity index (χ2v) is 9.58. The Bertz CT molecular complexity index is 611. The normalized spacial score (nSPS) is 14.9. The Balaban J connectivity index is 3.49. The molecule has 5 heteroatoms. The van der Waals surface area contributed by atoms with E-state index in [9.17, 15) is 13.5 Å². The molecule has 0 bridgehead atoms. The molecule has 1 unspecified atom stereocenters. The van der Waals surface area contributed by atoms with Crippen LogP contribution in [0, 0.1) is 6.92 Å². The third-order valence-corrected chi connectivity index (χ3v) is 4.68. The highest BCUT2D eigenvalue weighted by molar-refractivity contribution is 7.86. The van der Waals surface area contributed by atoms with Crippen LogP contribution in [-0.2, 0) is 27.4 Å². The van der Waals surface area contributed by atoms with Crippen molar-refractivity contribution >= 4 is 10.1 Å². The van der Waals surface area contributed by atoms with E-state index in [2.05, 4.69) is 6.92 Å². The highest BCUT2D eigenvalue weighted by Crippen LogP contribution is 2.40. The monoisotopic (exact) mass is 327 g/mol. The zero-order chi connectivity index (χ0) is 17.5. The molecular weight excluding hydrogens is 300 g/mol. The first-order chi connectivity index (χ1) is 9.64. The lowest BCUT2D eigenvalue weighted by molar-refractivity contribution is 0.422. The third-order valence-electron chi connectivity index (χ3n) is 3.67. The Morgan fingerprint density at radius 3 is 1.68 bits per heavy atom. The number of hydrogen-bond donors (Lipinski definition) is 2. The van der Waals surface area contributed by atoms with Crippen LogP contribution < -0.4 is 0 Å². The maximum atomic E-state index is 11.2. The van der Waals surface area contributed by atoms with Gasteiger partial charge in [0.15, 0.2) is 0 Å². The molecule has 1 rings (SSSR count). The predicted molar refractivity (Wildman–Crippen MR) is 89.9 cm³/mol. The van der Waals surface area contributed by atoms with Crippen LogP contribution in [0.2, 0.25) is 0 Å². The summed E-state index contributed by atoms with van der Waals surface area (Å²) in [5.74, 6) is 0.246. The van der Waals surface area contributed by atoms with Gasteiger partial charge in [-0.15, -0.1) is 0 Å². The average molecular weight is 327 g/mol. The Kier molecular flexibility index (Phi) is 5.05. The number of phenolic OH excluding ortho intramolecular Hbond substituents is 1. The zero-order valence-corrected chi connectivity index (χ0v) is 15.1. The van der Waals surface area contributed by atoms with Crippen molar-refractivity contribution in [3.63, 3.8) is 0 Å². The largest absolute Gasteiger partial charge is 0.507 e. The standard InChI is InChI=1S/C17H27O4S/c1-11(22(19,20)21)8-12-9-13(16(2,3)4)15(18)14(10-12)17(5,6)7/h9-11,18H,1,8H2,2-7H3,(H,19,20,21). The fraction of sp³-hybridized carbons (Fsp3) is 0.588. The molecule has 0 heterocycles. The van der Waals surface area contributed by atoms with Gasteiger partial charge in [0.1, 0.15) is 5.75 Å². The maximum Gasteiger partial charge on any atom is 0.268 e. The Morgan fingerprint density at radius 1 is 1.05 bits per heavy atom. The van der Waals surface area contributed by atoms with Gasteiger partial charge in [-0.25, -0.2) is 0 Å². The first-order valence-corrected chi connectivity index (χ1v) is 8.80. The summed E-state index contributed by atoms with van der Waals surface area (Å²) in [5.41, 5.74) is 1.70. The zero-order valence-electron chi connectivity index (χ0n) is 14.3. The lowest BCUT2D eigenvalue weighted by atomic mass is 9.78. The van der Waals surface area contributed by atoms with Crippen molar-refractivity contribution in [1.29, 1.82) is 0 Å². The van der Waals surface area contributed by atoms with Crippen LogP contribution in [0.3, 0.4) is 0 Å². The van der Waals surface area contributed by atoms with Crippen molar-refractivity contribution in [3.8, 4) is 5.75 Å². The molecule has 1 aromatic carbocycles. The van der Waals surface area contributed by atoms with Crippen LogP contribution in [0.1, 0.15) is 58.2 Å². The van der Waals surface area contributed by atoms with Crippen LogP contribution >= 0.6 is 0 Å². The van der Waals surface area contributed by atoms with Gasteiger partial charge in [0, 0.05) is 0 Å². The highest BCUT2D eigenvalue weighted by atomic mass is 32.2. The number of hydrogen-bond acceptors (Lipinski definition) is 3. The van der Waals surface area contributed by atoms with Gasteiger partial charge in [-0.2, -0.15) is 8.42 Å². The molecule has 0 aliphatic carbocycles. The van der Waals surface area contributed by atoms with Crippen LogP contribution in [-0.4, -0.2) is 23.3 Å². The molecule has 0 saturated carbocycles. The van der Waals surface area contributed by atoms with Gasteiger partial charge >= 0.3 is 0 Å². The summed E-state index contributed by atoms with van der Waals surface area (Å²) in [6.45, 7) is 15.4. The Hall–Kier alpha value is -1.07. The van der Waals surface area contributed by atoms with Crippen molar-refractivity contribution in [2.45, 2.75) is 64.0 Å². The topological polar surface area (TPSA) is 74.6 Å². The molecule has 1 radical (unpaired) electrons. The molecule has 0 aliphatic heterocycles. The quantitative estimate of drug-likeness (QED) is 0.832. The summed E-state index contributed by atoms with van der Waals surface area (Å²) in [5, 5.41) is 9.47. The van der Waals surface area contributed by atoms with Crippen molar-refractivity contribution in [1.82, 2.24) is 0 Å². The molecule has 0 aromatic heterocycles. The number of rotatable bonds is 3. The van der Waals surface area contributed by atoms with Crippen LogP contribution in [0.4, 0.5) is 0 Å². The smallest absolute Gasteiger partial charge is 0.268 e. The van der Waals surface area contributed by atoms with Crippen molar-refractivity contribution in [2.24, 2.45) is 0 Å². The lowest BCUT2D eigenvalue weighted by Gasteiger charge is -2.28. The maximum absolute atomic E-state index is 11.2. The van der Waals surface area contributed by atoms with Gasteiger partial charge in [-0.3, -0.25) is 4.55 Å². The van der Waals surface area contributed by atoms with E-state index in [1.54, 1.807) is 12.1 Å². The van der Waals surface area contributed by atoms with Crippen molar-refractivity contribution in [3.05, 3.63) is 35.7 Å². The van der Waals surface area contributed by atoms with Crippen molar-refractivity contribution < 1.29 is 18.1 Å². The van der Waals surface area contributed by atoms with Crippen LogP contribution in [0.5, 0.6) is 5.75 Å². The minimum absolute atomic E-state index is 0.102. The third kappa shape index (κ3) is 4.46. The summed E-state index contributed by atoms with van der Waals surface area (Å²) in [4.78, 5) is 0. The van der Waals surface area contributed by atoms with Gasteiger partial charge in [0.05, 0.1) is 5.25 Å². The molecule has 2 N–H and O–H groups in total. The second-order valence-electron chi connectivity index (χ2n) is 7.88. The fourth-order valence-electron chi connectivity index (χ4n) is 2.32. The number of benzene rings is 1. The second kappa shape index (κ2) is 5.85. The summed E-state index contributed by atoms with van der Waals surface area (Å²) in [6.07, 6.45) is 0.102. The molecule has 4 nitrogen and oxygen atoms in total. The molecule has 22 heavy (non-hydrogen) atoms. The van der Waals surface area contributed by atoms with E-state index in [0.29, 0.717) is 0 Å². The molecule has 1 aromatic rings. The van der Waals surface area contributed by atoms with E-state index in [4.69, 9.17) is 4.55 Å². The van der Waals surface area contributed by atoms with Gasteiger partial charge < -0.3 is 5.11 Å². The van der Waals surface area contributed by atoms with Gasteiger partial charge in [-0.1, -0.05) is 53.7 Å². The molecule has 0 saturated heterocycles. The minimum atomic E-state index is -4.18. The molecule has 0 fully saturated rings. The van der Waals surface area contributed by atoms with E-state index in [0.717, 1.165) is 16.7 Å². The van der Waals surface area contributed by atoms with E-state index in [1.807, 2.05) is 41.5 Å². The molecule has 0 amide bonds. The molecule has 1 atom stereocenters. The summed E-state index contributed by atoms with van der Waals surface area (Å²) < 4.78 is 31.5. The first kappa shape index (κ1) is 19.0. The van der Waals surface area contributed by atoms with E-state index >= 15 is 0 Å². The van der Waals surface area contributed by atoms with Crippen LogP contribution in [0.25, 0.3) is 0 Å². The van der Waals surface area contributed by atoms with Crippen LogP contribution in [0.15, 0.2) is 12.1 Å². The van der Waals surface area contributed by atoms with E-state index in [1.165, 1.54) is 0 Å². The number of aromatic hydroxyl groups is 1. The number of phenols is 1. The van der Waals surface area contributed by atoms with Crippen molar-refractivity contribution in [2.75, 3.05) is 0 Å². The summed E-state index contributed by atoms with van der Waals surface area (Å²) in [6, 6.07) is 3.60. The minimum Gasteiger partial charge on any atom is -0.507 e. The SMILES string of the molecule is [CH2]C(Cc1cc(C(C)(C)C)c(O)c(C(C)(C)C)c1)S(=O)(=O)O. The van der Waals surface area contributed by atoms with Gasteiger partial charge in [0.25, 0.3) is 10.1 Å². The summed E-state index contributed by atoms with van der Waals surface area (Å²) in [7, 11) is -4.18. The highest BCUT2D eigenvalue weighted by Gasteiger charge is 2.27. The summed E-state index contributed by atoms with van der Waals surface area (Å²) >= 11 is 0. The first-order valence-electron chi connectivity index (χ1n) is 7.30. The predicted octanol–water partition coefficient (Wildman–Crippen LogP) is 3.62. The van der Waals surface area contributed by atoms with Gasteiger partial charge in [-0.05, 0) is 40.9 Å². The van der Waals surface area contributed by atoms with Gasteiger partial charge in [0.2, 0.25) is 0 Å². The van der Waals surface area contributed by atoms with E-state index in [-0.39, 0.29) is 23.0 Å². The lowest BCUT2D eigenvalue weighted by Crippen LogP contribution is -2.22.